The maximum Gasteiger partial charge on any atom is 0.260 e. The number of piperazine rings is 1. The van der Waals surface area contributed by atoms with Gasteiger partial charge in [0.2, 0.25) is 5.91 Å². The number of fused-ring (bicyclic) bond motifs is 2. The zero-order chi connectivity index (χ0) is 25.4. The van der Waals surface area contributed by atoms with Crippen LogP contribution in [0.2, 0.25) is 5.02 Å². The molecule has 0 N–H and O–H groups in total. The predicted octanol–water partition coefficient (Wildman–Crippen LogP) is 4.45. The number of methoxy groups -OCH3 is 1. The van der Waals surface area contributed by atoms with Gasteiger partial charge in [0.15, 0.2) is 5.75 Å². The summed E-state index contributed by atoms with van der Waals surface area (Å²) in [5.74, 6) is -0.703. The number of pyridine rings is 1. The zero-order valence-electron chi connectivity index (χ0n) is 19.5. The SMILES string of the molecule is C=CC(=O)N1CCN2C(=O)c3c(-c4ccccc4)nc(-c4c(F)cccc4OC)c(Cl)c3OC[C@H]2C1. The molecule has 3 heterocycles. The van der Waals surface area contributed by atoms with Crippen molar-refractivity contribution in [3.8, 4) is 34.0 Å². The summed E-state index contributed by atoms with van der Waals surface area (Å²) in [6.45, 7) is 4.64. The van der Waals surface area contributed by atoms with Crippen LogP contribution in [0.15, 0.2) is 61.2 Å². The summed E-state index contributed by atoms with van der Waals surface area (Å²) in [6.07, 6.45) is 1.26. The molecular weight excluding hydrogens is 485 g/mol. The number of nitrogens with zero attached hydrogens (tertiary/aromatic N) is 3. The van der Waals surface area contributed by atoms with Crippen LogP contribution in [0.25, 0.3) is 22.5 Å². The molecule has 0 aliphatic carbocycles. The molecule has 0 radical (unpaired) electrons. The number of aromatic nitrogens is 1. The monoisotopic (exact) mass is 507 g/mol. The molecule has 0 saturated carbocycles. The normalized spacial score (nSPS) is 17.0. The summed E-state index contributed by atoms with van der Waals surface area (Å²) in [4.78, 5) is 34.2. The summed E-state index contributed by atoms with van der Waals surface area (Å²) >= 11 is 6.80. The molecule has 3 aromatic rings. The van der Waals surface area contributed by atoms with Gasteiger partial charge in [-0.1, -0.05) is 54.6 Å². The van der Waals surface area contributed by atoms with E-state index in [1.165, 1.54) is 25.3 Å². The number of ether oxygens (including phenoxy) is 2. The quantitative estimate of drug-likeness (QED) is 0.488. The van der Waals surface area contributed by atoms with Gasteiger partial charge in [0, 0.05) is 25.2 Å². The van der Waals surface area contributed by atoms with Gasteiger partial charge in [-0.15, -0.1) is 0 Å². The first-order valence-electron chi connectivity index (χ1n) is 11.4. The summed E-state index contributed by atoms with van der Waals surface area (Å²) in [5.41, 5.74) is 1.37. The highest BCUT2D eigenvalue weighted by Gasteiger charge is 2.40. The van der Waals surface area contributed by atoms with Crippen LogP contribution in [0, 0.1) is 5.82 Å². The van der Waals surface area contributed by atoms with Crippen molar-refractivity contribution in [2.45, 2.75) is 6.04 Å². The highest BCUT2D eigenvalue weighted by Crippen LogP contribution is 2.46. The van der Waals surface area contributed by atoms with E-state index in [2.05, 4.69) is 6.58 Å². The first-order chi connectivity index (χ1) is 17.4. The maximum atomic E-state index is 15.1. The van der Waals surface area contributed by atoms with Gasteiger partial charge in [-0.05, 0) is 18.2 Å². The maximum absolute atomic E-state index is 15.1. The molecule has 2 aliphatic rings. The second-order valence-corrected chi connectivity index (χ2v) is 8.84. The molecule has 2 aliphatic heterocycles. The summed E-state index contributed by atoms with van der Waals surface area (Å²) in [6, 6.07) is 13.2. The molecule has 0 spiro atoms. The molecule has 1 saturated heterocycles. The van der Waals surface area contributed by atoms with Crippen molar-refractivity contribution in [1.29, 1.82) is 0 Å². The Hall–Kier alpha value is -3.91. The van der Waals surface area contributed by atoms with Crippen LogP contribution in [0.4, 0.5) is 4.39 Å². The van der Waals surface area contributed by atoms with Crippen LogP contribution in [-0.4, -0.2) is 66.0 Å². The molecular formula is C27H23ClFN3O4. The smallest absolute Gasteiger partial charge is 0.260 e. The Morgan fingerprint density at radius 1 is 1.17 bits per heavy atom. The Kier molecular flexibility index (Phi) is 6.36. The van der Waals surface area contributed by atoms with E-state index in [-0.39, 0.29) is 51.8 Å². The molecule has 36 heavy (non-hydrogen) atoms. The molecule has 2 aromatic carbocycles. The fraction of sp³-hybridized carbons (Fsp3) is 0.222. The van der Waals surface area contributed by atoms with Gasteiger partial charge in [-0.25, -0.2) is 9.37 Å². The number of rotatable bonds is 4. The standard InChI is InChI=1S/C27H23ClFN3O4/c1-3-20(33)31-12-13-32-17(14-31)15-36-26-22(27(32)34)24(16-8-5-4-6-9-16)30-25(23(26)28)21-18(29)10-7-11-19(21)35-2/h3-11,17H,1,12-15H2,2H3/t17-/m1/s1. The lowest BCUT2D eigenvalue weighted by molar-refractivity contribution is -0.128. The number of carbonyl (C=O) groups excluding carboxylic acids is 2. The minimum atomic E-state index is -0.571. The molecule has 2 amide bonds. The zero-order valence-corrected chi connectivity index (χ0v) is 20.3. The highest BCUT2D eigenvalue weighted by atomic mass is 35.5. The fourth-order valence-electron chi connectivity index (χ4n) is 4.67. The first-order valence-corrected chi connectivity index (χ1v) is 11.8. The van der Waals surface area contributed by atoms with Gasteiger partial charge in [0.25, 0.3) is 5.91 Å². The van der Waals surface area contributed by atoms with Gasteiger partial charge in [-0.2, -0.15) is 0 Å². The van der Waals surface area contributed by atoms with Crippen molar-refractivity contribution < 1.29 is 23.5 Å². The van der Waals surface area contributed by atoms with E-state index in [0.717, 1.165) is 0 Å². The summed E-state index contributed by atoms with van der Waals surface area (Å²) < 4.78 is 26.6. The van der Waals surface area contributed by atoms with Crippen LogP contribution in [0.3, 0.4) is 0 Å². The largest absolute Gasteiger partial charge is 0.496 e. The van der Waals surface area contributed by atoms with Crippen molar-refractivity contribution >= 4 is 23.4 Å². The van der Waals surface area contributed by atoms with E-state index in [0.29, 0.717) is 30.9 Å². The fourth-order valence-corrected chi connectivity index (χ4v) is 4.95. The Balaban J connectivity index is 1.71. The number of benzene rings is 2. The van der Waals surface area contributed by atoms with Crippen LogP contribution in [0.1, 0.15) is 10.4 Å². The average molecular weight is 508 g/mol. The van der Waals surface area contributed by atoms with Gasteiger partial charge >= 0.3 is 0 Å². The Morgan fingerprint density at radius 3 is 2.67 bits per heavy atom. The number of hydrogen-bond donors (Lipinski definition) is 0. The first kappa shape index (κ1) is 23.8. The second-order valence-electron chi connectivity index (χ2n) is 8.46. The van der Waals surface area contributed by atoms with E-state index in [1.54, 1.807) is 15.9 Å². The van der Waals surface area contributed by atoms with Crippen molar-refractivity contribution in [2.24, 2.45) is 0 Å². The lowest BCUT2D eigenvalue weighted by Gasteiger charge is -2.39. The van der Waals surface area contributed by atoms with E-state index in [1.807, 2.05) is 30.3 Å². The van der Waals surface area contributed by atoms with E-state index >= 15 is 4.39 Å². The highest BCUT2D eigenvalue weighted by molar-refractivity contribution is 6.35. The molecule has 7 nitrogen and oxygen atoms in total. The molecule has 1 atom stereocenters. The van der Waals surface area contributed by atoms with Gasteiger partial charge in [-0.3, -0.25) is 9.59 Å². The van der Waals surface area contributed by atoms with Crippen molar-refractivity contribution in [2.75, 3.05) is 33.4 Å². The lowest BCUT2D eigenvalue weighted by Crippen LogP contribution is -2.57. The Labute approximate surface area is 212 Å². The molecule has 9 heteroatoms. The lowest BCUT2D eigenvalue weighted by atomic mass is 10.00. The third-order valence-corrected chi connectivity index (χ3v) is 6.79. The van der Waals surface area contributed by atoms with Crippen molar-refractivity contribution in [1.82, 2.24) is 14.8 Å². The molecule has 184 valence electrons. The molecule has 0 unspecified atom stereocenters. The number of halogens is 2. The predicted molar refractivity (Wildman–Crippen MR) is 134 cm³/mol. The van der Waals surface area contributed by atoms with Crippen LogP contribution < -0.4 is 9.47 Å². The Bertz CT molecular complexity index is 1360. The van der Waals surface area contributed by atoms with Crippen molar-refractivity contribution in [3.05, 3.63) is 77.6 Å². The van der Waals surface area contributed by atoms with Gasteiger partial charge in [0.05, 0.1) is 24.4 Å². The number of amides is 2. The van der Waals surface area contributed by atoms with Gasteiger partial charge < -0.3 is 19.3 Å². The van der Waals surface area contributed by atoms with E-state index in [4.69, 9.17) is 26.1 Å². The Morgan fingerprint density at radius 2 is 1.94 bits per heavy atom. The molecule has 0 bridgehead atoms. The average Bonchev–Trinajstić information content (AvgIpc) is 3.05. The summed E-state index contributed by atoms with van der Waals surface area (Å²) in [5, 5.41) is 0.0142. The summed E-state index contributed by atoms with van der Waals surface area (Å²) in [7, 11) is 1.43. The van der Waals surface area contributed by atoms with Crippen LogP contribution in [0.5, 0.6) is 11.5 Å². The van der Waals surface area contributed by atoms with Gasteiger partial charge in [0.1, 0.15) is 34.5 Å². The number of hydrogen-bond acceptors (Lipinski definition) is 5. The van der Waals surface area contributed by atoms with E-state index < -0.39 is 11.9 Å². The van der Waals surface area contributed by atoms with Crippen LogP contribution in [-0.2, 0) is 4.79 Å². The third-order valence-electron chi connectivity index (χ3n) is 6.44. The molecule has 1 fully saturated rings. The molecule has 5 rings (SSSR count). The second kappa shape index (κ2) is 9.62. The van der Waals surface area contributed by atoms with E-state index in [9.17, 15) is 9.59 Å². The number of carbonyl (C=O) groups is 2. The minimum Gasteiger partial charge on any atom is -0.496 e. The minimum absolute atomic E-state index is 0.0142. The topological polar surface area (TPSA) is 72.0 Å². The third kappa shape index (κ3) is 3.97. The van der Waals surface area contributed by atoms with Crippen LogP contribution >= 0.6 is 11.6 Å². The molecule has 1 aromatic heterocycles. The van der Waals surface area contributed by atoms with Crippen molar-refractivity contribution in [3.63, 3.8) is 0 Å².